The van der Waals surface area contributed by atoms with Gasteiger partial charge in [-0.25, -0.2) is 0 Å². The number of hydrogen-bond donors (Lipinski definition) is 1. The Kier molecular flexibility index (Phi) is 4.37. The van der Waals surface area contributed by atoms with E-state index in [0.717, 1.165) is 38.0 Å². The quantitative estimate of drug-likeness (QED) is 0.733. The fraction of sp³-hybridized carbons (Fsp3) is 0.905. The second-order valence-electron chi connectivity index (χ2n) is 9.80. The molecular formula is C21H33NO4. The molecule has 26 heavy (non-hydrogen) atoms. The second-order valence-corrected chi connectivity index (χ2v) is 9.80. The van der Waals surface area contributed by atoms with Gasteiger partial charge in [-0.1, -0.05) is 6.92 Å². The Morgan fingerprint density at radius 1 is 1.15 bits per heavy atom. The van der Waals surface area contributed by atoms with Crippen molar-refractivity contribution < 1.29 is 19.1 Å². The van der Waals surface area contributed by atoms with Crippen LogP contribution in [0.3, 0.4) is 0 Å². The molecule has 0 heterocycles. The number of carbonyl (C=O) groups excluding carboxylic acids is 2. The number of esters is 2. The summed E-state index contributed by atoms with van der Waals surface area (Å²) in [4.78, 5) is 24.5. The summed E-state index contributed by atoms with van der Waals surface area (Å²) in [6, 6.07) is 0. The lowest BCUT2D eigenvalue weighted by molar-refractivity contribution is -0.170. The van der Waals surface area contributed by atoms with Gasteiger partial charge in [0.2, 0.25) is 0 Å². The van der Waals surface area contributed by atoms with Gasteiger partial charge < -0.3 is 15.2 Å². The Morgan fingerprint density at radius 2 is 1.85 bits per heavy atom. The minimum Gasteiger partial charge on any atom is -0.462 e. The first-order valence-corrected chi connectivity index (χ1v) is 10.4. The maximum Gasteiger partial charge on any atom is 0.310 e. The van der Waals surface area contributed by atoms with Crippen LogP contribution in [0.1, 0.15) is 72.1 Å². The van der Waals surface area contributed by atoms with Crippen LogP contribution < -0.4 is 5.73 Å². The summed E-state index contributed by atoms with van der Waals surface area (Å²) >= 11 is 0. The molecule has 5 rings (SSSR count). The molecule has 5 fully saturated rings. The second kappa shape index (κ2) is 6.22. The minimum atomic E-state index is -0.400. The van der Waals surface area contributed by atoms with Crippen molar-refractivity contribution in [3.05, 3.63) is 0 Å². The lowest BCUT2D eigenvalue weighted by Gasteiger charge is -2.39. The van der Waals surface area contributed by atoms with E-state index in [2.05, 4.69) is 13.8 Å². The maximum atomic E-state index is 12.8. The van der Waals surface area contributed by atoms with Crippen LogP contribution in [0.4, 0.5) is 0 Å². The molecule has 5 aliphatic rings. The smallest absolute Gasteiger partial charge is 0.310 e. The van der Waals surface area contributed by atoms with Crippen LogP contribution in [0.2, 0.25) is 0 Å². The zero-order valence-corrected chi connectivity index (χ0v) is 16.3. The highest BCUT2D eigenvalue weighted by atomic mass is 16.6. The van der Waals surface area contributed by atoms with Crippen molar-refractivity contribution in [2.75, 3.05) is 0 Å². The van der Waals surface area contributed by atoms with Gasteiger partial charge in [-0.2, -0.15) is 0 Å². The monoisotopic (exact) mass is 363 g/mol. The molecule has 4 bridgehead atoms. The number of nitrogens with two attached hydrogens (primary N) is 1. The van der Waals surface area contributed by atoms with Gasteiger partial charge in [0, 0.05) is 18.4 Å². The van der Waals surface area contributed by atoms with Gasteiger partial charge >= 0.3 is 11.9 Å². The molecule has 5 nitrogen and oxygen atoms in total. The third kappa shape index (κ3) is 2.96. The highest BCUT2D eigenvalue weighted by Crippen LogP contribution is 2.58. The predicted molar refractivity (Wildman–Crippen MR) is 97.0 cm³/mol. The predicted octanol–water partition coefficient (Wildman–Crippen LogP) is 3.19. The normalized spacial score (nSPS) is 46.7. The van der Waals surface area contributed by atoms with E-state index < -0.39 is 6.10 Å². The van der Waals surface area contributed by atoms with Crippen molar-refractivity contribution in [2.24, 2.45) is 35.3 Å². The Morgan fingerprint density at radius 3 is 2.35 bits per heavy atom. The lowest BCUT2D eigenvalue weighted by atomic mass is 9.73. The van der Waals surface area contributed by atoms with E-state index in [1.807, 2.05) is 0 Å². The summed E-state index contributed by atoms with van der Waals surface area (Å²) in [5.41, 5.74) is 6.02. The first-order valence-electron chi connectivity index (χ1n) is 10.4. The van der Waals surface area contributed by atoms with E-state index in [4.69, 9.17) is 15.2 Å². The summed E-state index contributed by atoms with van der Waals surface area (Å²) in [6.45, 7) is 5.64. The van der Waals surface area contributed by atoms with Gasteiger partial charge in [0.15, 0.2) is 0 Å². The fourth-order valence-corrected chi connectivity index (χ4v) is 6.83. The minimum absolute atomic E-state index is 0.169. The fourth-order valence-electron chi connectivity index (χ4n) is 6.83. The summed E-state index contributed by atoms with van der Waals surface area (Å²) in [5, 5.41) is 0. The zero-order chi connectivity index (χ0) is 18.7. The number of rotatable bonds is 6. The van der Waals surface area contributed by atoms with E-state index in [-0.39, 0.29) is 35.4 Å². The van der Waals surface area contributed by atoms with Crippen LogP contribution in [0.15, 0.2) is 0 Å². The SMILES string of the molecule is CCC1(OC(=O)CC(OC(C)=O)C2CC3CC2C(C)(N)C3)CC2CC1C2. The van der Waals surface area contributed by atoms with Crippen LogP contribution in [0.25, 0.3) is 0 Å². The molecule has 146 valence electrons. The molecule has 0 aliphatic heterocycles. The Balaban J connectivity index is 1.44. The van der Waals surface area contributed by atoms with Crippen molar-refractivity contribution in [3.63, 3.8) is 0 Å². The van der Waals surface area contributed by atoms with E-state index in [0.29, 0.717) is 17.8 Å². The molecule has 0 aromatic rings. The molecular weight excluding hydrogens is 330 g/mol. The van der Waals surface area contributed by atoms with Crippen LogP contribution in [-0.2, 0) is 19.1 Å². The standard InChI is InChI=1S/C21H33NO4/c1-4-21(11-13-5-15(21)6-13)26-19(24)9-18(25-12(2)23)16-7-14-8-17(16)20(3,22)10-14/h13-18H,4-11,22H2,1-3H3. The molecule has 0 radical (unpaired) electrons. The molecule has 0 spiro atoms. The van der Waals surface area contributed by atoms with E-state index in [1.165, 1.54) is 19.8 Å². The summed E-state index contributed by atoms with van der Waals surface area (Å²) < 4.78 is 11.7. The molecule has 5 heteroatoms. The topological polar surface area (TPSA) is 78.6 Å². The van der Waals surface area contributed by atoms with Crippen molar-refractivity contribution in [1.29, 1.82) is 0 Å². The number of hydrogen-bond acceptors (Lipinski definition) is 5. The first kappa shape index (κ1) is 18.3. The van der Waals surface area contributed by atoms with Crippen molar-refractivity contribution in [3.8, 4) is 0 Å². The molecule has 6 atom stereocenters. The van der Waals surface area contributed by atoms with Gasteiger partial charge in [0.25, 0.3) is 0 Å². The third-order valence-electron chi connectivity index (χ3n) is 7.98. The van der Waals surface area contributed by atoms with E-state index in [1.54, 1.807) is 0 Å². The maximum absolute atomic E-state index is 12.8. The molecule has 5 aliphatic carbocycles. The van der Waals surface area contributed by atoms with E-state index >= 15 is 0 Å². The number of ether oxygens (including phenoxy) is 2. The summed E-state index contributed by atoms with van der Waals surface area (Å²) in [7, 11) is 0. The van der Waals surface area contributed by atoms with Crippen molar-refractivity contribution in [1.82, 2.24) is 0 Å². The molecule has 0 aromatic heterocycles. The average molecular weight is 363 g/mol. The number of carbonyl (C=O) groups is 2. The number of fused-ring (bicyclic) bond motifs is 3. The molecule has 0 amide bonds. The average Bonchev–Trinajstić information content (AvgIpc) is 3.21. The van der Waals surface area contributed by atoms with Crippen LogP contribution in [0, 0.1) is 29.6 Å². The lowest BCUT2D eigenvalue weighted by Crippen LogP contribution is -2.49. The molecule has 5 saturated carbocycles. The van der Waals surface area contributed by atoms with Gasteiger partial charge in [0.05, 0.1) is 6.42 Å². The Labute approximate surface area is 156 Å². The zero-order valence-electron chi connectivity index (χ0n) is 16.3. The van der Waals surface area contributed by atoms with Crippen LogP contribution in [0.5, 0.6) is 0 Å². The van der Waals surface area contributed by atoms with Crippen molar-refractivity contribution in [2.45, 2.75) is 89.4 Å². The first-order chi connectivity index (χ1) is 12.2. The summed E-state index contributed by atoms with van der Waals surface area (Å²) in [6.07, 6.45) is 7.19. The highest BCUT2D eigenvalue weighted by Gasteiger charge is 2.57. The van der Waals surface area contributed by atoms with Gasteiger partial charge in [-0.15, -0.1) is 0 Å². The van der Waals surface area contributed by atoms with Crippen LogP contribution in [-0.4, -0.2) is 29.2 Å². The molecule has 6 unspecified atom stereocenters. The van der Waals surface area contributed by atoms with Gasteiger partial charge in [0.1, 0.15) is 11.7 Å². The molecule has 0 aromatic carbocycles. The van der Waals surface area contributed by atoms with Crippen molar-refractivity contribution >= 4 is 11.9 Å². The highest BCUT2D eigenvalue weighted by molar-refractivity contribution is 5.72. The largest absolute Gasteiger partial charge is 0.462 e. The van der Waals surface area contributed by atoms with E-state index in [9.17, 15) is 9.59 Å². The summed E-state index contributed by atoms with van der Waals surface area (Å²) in [5.74, 6) is 1.84. The van der Waals surface area contributed by atoms with Gasteiger partial charge in [-0.3, -0.25) is 9.59 Å². The van der Waals surface area contributed by atoms with Crippen LogP contribution >= 0.6 is 0 Å². The molecule has 0 saturated heterocycles. The third-order valence-corrected chi connectivity index (χ3v) is 7.98. The van der Waals surface area contributed by atoms with Gasteiger partial charge in [-0.05, 0) is 75.5 Å². The Bertz CT molecular complexity index is 597. The molecule has 2 N–H and O–H groups in total. The Hall–Kier alpha value is -1.10.